The number of nitrogens with one attached hydrogen (secondary N) is 3. The van der Waals surface area contributed by atoms with E-state index in [-0.39, 0.29) is 30.0 Å². The minimum atomic E-state index is -1.03. The van der Waals surface area contributed by atoms with Gasteiger partial charge < -0.3 is 48.9 Å². The number of thioether (sulfide) groups is 1. The number of hydrogen-bond acceptors (Lipinski definition) is 12. The van der Waals surface area contributed by atoms with Crippen molar-refractivity contribution in [1.82, 2.24) is 20.6 Å². The lowest BCUT2D eigenvalue weighted by Crippen LogP contribution is -2.49. The average Bonchev–Trinajstić information content (AvgIpc) is 3.52. The van der Waals surface area contributed by atoms with Gasteiger partial charge in [-0.3, -0.25) is 9.59 Å². The van der Waals surface area contributed by atoms with Crippen molar-refractivity contribution in [3.8, 4) is 22.6 Å². The van der Waals surface area contributed by atoms with Crippen LogP contribution in [0.2, 0.25) is 0 Å². The number of alkyl carbamates (subject to hydrolysis) is 1. The molecule has 2 amide bonds. The fourth-order valence-electron chi connectivity index (χ4n) is 7.41. The third-order valence-corrected chi connectivity index (χ3v) is 11.2. The van der Waals surface area contributed by atoms with Gasteiger partial charge in [0.2, 0.25) is 0 Å². The van der Waals surface area contributed by atoms with Gasteiger partial charge in [-0.2, -0.15) is 0 Å². The van der Waals surface area contributed by atoms with Crippen LogP contribution in [0.5, 0.6) is 11.5 Å². The molecule has 4 heterocycles. The molecule has 1 aliphatic carbocycles. The Morgan fingerprint density at radius 3 is 2.31 bits per heavy atom. The van der Waals surface area contributed by atoms with Crippen LogP contribution in [0.4, 0.5) is 10.6 Å². The lowest BCUT2D eigenvalue weighted by atomic mass is 9.81. The molecule has 0 radical (unpaired) electrons. The van der Waals surface area contributed by atoms with Crippen molar-refractivity contribution in [2.45, 2.75) is 109 Å². The van der Waals surface area contributed by atoms with Crippen LogP contribution in [0.25, 0.3) is 11.1 Å². The van der Waals surface area contributed by atoms with Crippen molar-refractivity contribution in [2.24, 2.45) is 5.92 Å². The van der Waals surface area contributed by atoms with Gasteiger partial charge in [-0.1, -0.05) is 0 Å². The smallest absolute Gasteiger partial charge is 0.407 e. The van der Waals surface area contributed by atoms with Gasteiger partial charge in [0.25, 0.3) is 17.3 Å². The highest BCUT2D eigenvalue weighted by atomic mass is 32.2. The minimum absolute atomic E-state index is 0.00335. The maximum atomic E-state index is 14.0. The lowest BCUT2D eigenvalue weighted by Gasteiger charge is -2.37. The van der Waals surface area contributed by atoms with Gasteiger partial charge in [0.15, 0.2) is 24.1 Å². The Morgan fingerprint density at radius 2 is 1.71 bits per heavy atom. The molecule has 298 valence electrons. The predicted molar refractivity (Wildman–Crippen MR) is 209 cm³/mol. The molecule has 1 saturated heterocycles. The number of rotatable bonds is 10. The molecule has 14 nitrogen and oxygen atoms in total. The van der Waals surface area contributed by atoms with Gasteiger partial charge >= 0.3 is 6.09 Å². The van der Waals surface area contributed by atoms with Gasteiger partial charge in [-0.25, -0.2) is 9.78 Å². The van der Waals surface area contributed by atoms with Crippen molar-refractivity contribution >= 4 is 29.6 Å². The number of fused-ring (bicyclic) bond motifs is 1. The highest BCUT2D eigenvalue weighted by Gasteiger charge is 2.48. The summed E-state index contributed by atoms with van der Waals surface area (Å²) in [4.78, 5) is 49.9. The van der Waals surface area contributed by atoms with E-state index in [1.807, 2.05) is 77.0 Å². The number of aromatic amines is 1. The number of pyridine rings is 2. The summed E-state index contributed by atoms with van der Waals surface area (Å²) in [5.74, 6) is 0.356. The first kappa shape index (κ1) is 40.4. The van der Waals surface area contributed by atoms with E-state index >= 15 is 0 Å². The molecule has 0 spiro atoms. The summed E-state index contributed by atoms with van der Waals surface area (Å²) in [6.45, 7) is 12.1. The van der Waals surface area contributed by atoms with Crippen LogP contribution >= 0.6 is 11.8 Å². The molecular formula is C40H53N5O9S. The van der Waals surface area contributed by atoms with E-state index in [0.29, 0.717) is 52.7 Å². The number of nitrogens with zero attached hydrogens (tertiary/aromatic N) is 2. The summed E-state index contributed by atoms with van der Waals surface area (Å²) < 4.78 is 35.7. The maximum Gasteiger partial charge on any atom is 0.407 e. The van der Waals surface area contributed by atoms with E-state index in [2.05, 4.69) is 15.6 Å². The SMILES string of the molecule is CO[C@H]1CN(c2ccc(-c3cc(C(=O)NCc4c(SC)cc(C)[nH]c4=O)c(C)c4c3OC(C)(C3CCC(NC(=O)OC(C)(C)C)CC3)O4)cn2)C[C@@H](OC)O1. The summed E-state index contributed by atoms with van der Waals surface area (Å²) in [7, 11) is 3.18. The Bertz CT molecular complexity index is 1930. The molecule has 1 unspecified atom stereocenters. The molecule has 3 aliphatic rings. The van der Waals surface area contributed by atoms with Gasteiger partial charge in [0.05, 0.1) is 13.1 Å². The number of methoxy groups -OCH3 is 2. The van der Waals surface area contributed by atoms with E-state index in [0.717, 1.165) is 41.8 Å². The topological polar surface area (TPSA) is 163 Å². The van der Waals surface area contributed by atoms with E-state index in [1.165, 1.54) is 11.8 Å². The molecule has 3 atom stereocenters. The fourth-order valence-corrected chi connectivity index (χ4v) is 8.11. The molecule has 3 aromatic rings. The Kier molecular flexibility index (Phi) is 12.1. The number of ether oxygens (including phenoxy) is 6. The zero-order valence-electron chi connectivity index (χ0n) is 33.1. The highest BCUT2D eigenvalue weighted by molar-refractivity contribution is 7.98. The molecule has 55 heavy (non-hydrogen) atoms. The maximum absolute atomic E-state index is 14.0. The quantitative estimate of drug-likeness (QED) is 0.204. The molecule has 0 bridgehead atoms. The molecule has 6 rings (SSSR count). The largest absolute Gasteiger partial charge is 0.448 e. The number of benzene rings is 1. The molecule has 1 aromatic carbocycles. The van der Waals surface area contributed by atoms with Crippen molar-refractivity contribution in [1.29, 1.82) is 0 Å². The van der Waals surface area contributed by atoms with Crippen molar-refractivity contribution in [2.75, 3.05) is 38.5 Å². The zero-order valence-corrected chi connectivity index (χ0v) is 33.9. The van der Waals surface area contributed by atoms with Crippen LogP contribution in [0.3, 0.4) is 0 Å². The molecule has 2 aliphatic heterocycles. The molecule has 2 aromatic heterocycles. The number of carbonyl (C=O) groups is 2. The highest BCUT2D eigenvalue weighted by Crippen LogP contribution is 2.53. The number of H-pyrrole nitrogens is 1. The average molecular weight is 780 g/mol. The number of amides is 2. The number of carbonyl (C=O) groups excluding carboxylic acids is 2. The summed E-state index contributed by atoms with van der Waals surface area (Å²) in [5.41, 5.74) is 2.82. The Morgan fingerprint density at radius 1 is 1.04 bits per heavy atom. The molecule has 3 N–H and O–H groups in total. The second kappa shape index (κ2) is 16.4. The van der Waals surface area contributed by atoms with Crippen LogP contribution in [0, 0.1) is 19.8 Å². The van der Waals surface area contributed by atoms with Crippen LogP contribution in [0.1, 0.15) is 80.6 Å². The molecular weight excluding hydrogens is 727 g/mol. The summed E-state index contributed by atoms with van der Waals surface area (Å²) >= 11 is 1.46. The van der Waals surface area contributed by atoms with E-state index < -0.39 is 30.1 Å². The number of aryl methyl sites for hydroxylation is 1. The summed E-state index contributed by atoms with van der Waals surface area (Å²) in [5, 5.41) is 5.99. The van der Waals surface area contributed by atoms with E-state index in [9.17, 15) is 14.4 Å². The molecule has 1 saturated carbocycles. The van der Waals surface area contributed by atoms with Crippen molar-refractivity contribution < 1.29 is 38.0 Å². The standard InChI is InChI=1S/C40H53N5O9S/c1-22-16-30(55-9)29(37(47)43-22)19-42-36(46)27-17-28(24-10-15-31(41-18-24)45-20-32(49-7)51-33(21-45)50-8)35-34(23(27)2)52-40(6,53-35)25-11-13-26(14-12-25)44-38(48)54-39(3,4)5/h10,15-18,25-26,32-33H,11-14,19-21H2,1-9H3,(H,42,46)(H,43,47)(H,44,48)/t25?,26?,32-,33+,40?. The first-order valence-electron chi connectivity index (χ1n) is 18.6. The Balaban J connectivity index is 1.29. The Labute approximate surface area is 326 Å². The summed E-state index contributed by atoms with van der Waals surface area (Å²) in [6, 6.07) is 7.54. The van der Waals surface area contributed by atoms with Crippen LogP contribution in [-0.4, -0.2) is 85.5 Å². The van der Waals surface area contributed by atoms with Gasteiger partial charge in [0.1, 0.15) is 11.4 Å². The number of hydrogen-bond donors (Lipinski definition) is 3. The second-order valence-electron chi connectivity index (χ2n) is 15.5. The van der Waals surface area contributed by atoms with E-state index in [1.54, 1.807) is 20.4 Å². The normalized spacial score (nSPS) is 23.7. The third kappa shape index (κ3) is 9.06. The summed E-state index contributed by atoms with van der Waals surface area (Å²) in [6.07, 6.45) is 5.25. The first-order chi connectivity index (χ1) is 26.1. The Hall–Kier alpha value is -4.31. The lowest BCUT2D eigenvalue weighted by molar-refractivity contribution is -0.235. The third-order valence-electron chi connectivity index (χ3n) is 10.4. The second-order valence-corrected chi connectivity index (χ2v) is 16.3. The molecule has 15 heteroatoms. The minimum Gasteiger partial charge on any atom is -0.448 e. The number of anilines is 1. The fraction of sp³-hybridized carbons (Fsp3) is 0.550. The molecule has 2 fully saturated rings. The van der Waals surface area contributed by atoms with Gasteiger partial charge in [-0.05, 0) is 90.8 Å². The predicted octanol–water partition coefficient (Wildman–Crippen LogP) is 6.06. The zero-order chi connectivity index (χ0) is 39.7. The number of morpholine rings is 1. The van der Waals surface area contributed by atoms with Gasteiger partial charge in [-0.15, -0.1) is 11.8 Å². The van der Waals surface area contributed by atoms with Gasteiger partial charge in [0, 0.05) is 84.3 Å². The van der Waals surface area contributed by atoms with Crippen LogP contribution in [0.15, 0.2) is 40.2 Å². The van der Waals surface area contributed by atoms with Crippen LogP contribution < -0.4 is 30.6 Å². The van der Waals surface area contributed by atoms with Crippen LogP contribution in [-0.2, 0) is 25.5 Å². The number of aromatic nitrogens is 2. The van der Waals surface area contributed by atoms with Crippen molar-refractivity contribution in [3.63, 3.8) is 0 Å². The van der Waals surface area contributed by atoms with E-state index in [4.69, 9.17) is 33.4 Å². The monoisotopic (exact) mass is 779 g/mol. The first-order valence-corrected chi connectivity index (χ1v) is 19.9. The van der Waals surface area contributed by atoms with Crippen molar-refractivity contribution in [3.05, 3.63) is 63.2 Å².